The molecule has 0 heterocycles. The van der Waals surface area contributed by atoms with Gasteiger partial charge in [-0.25, -0.2) is 12.8 Å². The van der Waals surface area contributed by atoms with Gasteiger partial charge in [-0.05, 0) is 42.8 Å². The van der Waals surface area contributed by atoms with Crippen molar-refractivity contribution < 1.29 is 17.6 Å². The summed E-state index contributed by atoms with van der Waals surface area (Å²) in [6.07, 6.45) is 1.79. The van der Waals surface area contributed by atoms with E-state index in [4.69, 9.17) is 11.6 Å². The van der Waals surface area contributed by atoms with Crippen LogP contribution in [-0.2, 0) is 10.0 Å². The third-order valence-electron chi connectivity index (χ3n) is 3.39. The molecule has 2 aromatic rings. The van der Waals surface area contributed by atoms with Crippen molar-refractivity contribution in [1.82, 2.24) is 5.32 Å². The molecule has 2 rings (SSSR count). The lowest BCUT2D eigenvalue weighted by Crippen LogP contribution is -2.24. The molecule has 0 unspecified atom stereocenters. The van der Waals surface area contributed by atoms with Crippen LogP contribution < -0.4 is 10.0 Å². The van der Waals surface area contributed by atoms with Crippen LogP contribution in [0.5, 0.6) is 0 Å². The van der Waals surface area contributed by atoms with Gasteiger partial charge in [0.05, 0.1) is 15.6 Å². The number of benzene rings is 2. The molecule has 0 saturated heterocycles. The van der Waals surface area contributed by atoms with Gasteiger partial charge in [-0.1, -0.05) is 31.0 Å². The van der Waals surface area contributed by atoms with Gasteiger partial charge < -0.3 is 5.32 Å². The van der Waals surface area contributed by atoms with E-state index < -0.39 is 15.8 Å². The Morgan fingerprint density at radius 3 is 2.64 bits per heavy atom. The summed E-state index contributed by atoms with van der Waals surface area (Å²) in [5.74, 6) is -0.981. The predicted octanol–water partition coefficient (Wildman–Crippen LogP) is 3.81. The van der Waals surface area contributed by atoms with Crippen molar-refractivity contribution in [3.8, 4) is 0 Å². The SMILES string of the molecule is CCCCNC(=O)c1cccc(S(=O)(=O)Nc2ccc(F)c(Cl)c2)c1. The van der Waals surface area contributed by atoms with E-state index in [1.807, 2.05) is 6.92 Å². The molecule has 2 aromatic carbocycles. The monoisotopic (exact) mass is 384 g/mol. The van der Waals surface area contributed by atoms with Crippen LogP contribution in [0, 0.1) is 5.82 Å². The van der Waals surface area contributed by atoms with Crippen molar-refractivity contribution in [2.75, 3.05) is 11.3 Å². The van der Waals surface area contributed by atoms with E-state index in [-0.39, 0.29) is 27.1 Å². The molecule has 0 aliphatic heterocycles. The number of rotatable bonds is 7. The van der Waals surface area contributed by atoms with Gasteiger partial charge in [0.15, 0.2) is 0 Å². The third-order valence-corrected chi connectivity index (χ3v) is 5.06. The fourth-order valence-corrected chi connectivity index (χ4v) is 3.33. The van der Waals surface area contributed by atoms with Crippen LogP contribution >= 0.6 is 11.6 Å². The lowest BCUT2D eigenvalue weighted by molar-refractivity contribution is 0.0953. The van der Waals surface area contributed by atoms with Gasteiger partial charge >= 0.3 is 0 Å². The summed E-state index contributed by atoms with van der Waals surface area (Å²) in [4.78, 5) is 12.0. The highest BCUT2D eigenvalue weighted by Crippen LogP contribution is 2.22. The van der Waals surface area contributed by atoms with Crippen molar-refractivity contribution in [3.63, 3.8) is 0 Å². The van der Waals surface area contributed by atoms with Gasteiger partial charge in [-0.3, -0.25) is 9.52 Å². The smallest absolute Gasteiger partial charge is 0.261 e. The standard InChI is InChI=1S/C17H18ClFN2O3S/c1-2-3-9-20-17(22)12-5-4-6-14(10-12)25(23,24)21-13-7-8-16(19)15(18)11-13/h4-8,10-11,21H,2-3,9H2,1H3,(H,20,22). The van der Waals surface area contributed by atoms with Crippen molar-refractivity contribution >= 4 is 33.2 Å². The van der Waals surface area contributed by atoms with Crippen LogP contribution in [0.4, 0.5) is 10.1 Å². The average Bonchev–Trinajstić information content (AvgIpc) is 2.58. The molecule has 2 N–H and O–H groups in total. The number of nitrogens with one attached hydrogen (secondary N) is 2. The number of halogens is 2. The summed E-state index contributed by atoms with van der Waals surface area (Å²) < 4.78 is 40.4. The second-order valence-corrected chi connectivity index (χ2v) is 7.46. The van der Waals surface area contributed by atoms with E-state index in [9.17, 15) is 17.6 Å². The number of carbonyl (C=O) groups excluding carboxylic acids is 1. The lowest BCUT2D eigenvalue weighted by atomic mass is 10.2. The first-order chi connectivity index (χ1) is 11.8. The highest BCUT2D eigenvalue weighted by Gasteiger charge is 2.17. The fourth-order valence-electron chi connectivity index (χ4n) is 2.06. The number of hydrogen-bond acceptors (Lipinski definition) is 3. The van der Waals surface area contributed by atoms with Gasteiger partial charge in [-0.2, -0.15) is 0 Å². The van der Waals surface area contributed by atoms with E-state index in [2.05, 4.69) is 10.0 Å². The molecular weight excluding hydrogens is 367 g/mol. The first-order valence-electron chi connectivity index (χ1n) is 7.69. The van der Waals surface area contributed by atoms with Gasteiger partial charge in [-0.15, -0.1) is 0 Å². The molecule has 0 aliphatic rings. The van der Waals surface area contributed by atoms with E-state index >= 15 is 0 Å². The molecule has 0 radical (unpaired) electrons. The Balaban J connectivity index is 2.20. The highest BCUT2D eigenvalue weighted by atomic mass is 35.5. The predicted molar refractivity (Wildman–Crippen MR) is 95.9 cm³/mol. The quantitative estimate of drug-likeness (QED) is 0.713. The van der Waals surface area contributed by atoms with Crippen molar-refractivity contribution in [2.24, 2.45) is 0 Å². The molecule has 0 aromatic heterocycles. The molecular formula is C17H18ClFN2O3S. The number of sulfonamides is 1. The Bertz CT molecular complexity index is 872. The zero-order valence-corrected chi connectivity index (χ0v) is 15.1. The first-order valence-corrected chi connectivity index (χ1v) is 9.55. The molecule has 0 fully saturated rings. The fraction of sp³-hybridized carbons (Fsp3) is 0.235. The van der Waals surface area contributed by atoms with Crippen LogP contribution in [0.1, 0.15) is 30.1 Å². The second kappa shape index (κ2) is 8.31. The van der Waals surface area contributed by atoms with Crippen LogP contribution in [0.25, 0.3) is 0 Å². The van der Waals surface area contributed by atoms with Crippen molar-refractivity contribution in [1.29, 1.82) is 0 Å². The molecule has 8 heteroatoms. The second-order valence-electron chi connectivity index (χ2n) is 5.37. The molecule has 25 heavy (non-hydrogen) atoms. The molecule has 134 valence electrons. The maximum absolute atomic E-state index is 13.2. The minimum absolute atomic E-state index is 0.0731. The maximum Gasteiger partial charge on any atom is 0.261 e. The number of hydrogen-bond donors (Lipinski definition) is 2. The Hall–Kier alpha value is -2.12. The zero-order valence-electron chi connectivity index (χ0n) is 13.6. The molecule has 0 saturated carbocycles. The summed E-state index contributed by atoms with van der Waals surface area (Å²) in [5.41, 5.74) is 0.375. The molecule has 0 bridgehead atoms. The maximum atomic E-state index is 13.2. The topological polar surface area (TPSA) is 75.3 Å². The van der Waals surface area contributed by atoms with Gasteiger partial charge in [0.1, 0.15) is 5.82 Å². The van der Waals surface area contributed by atoms with Gasteiger partial charge in [0.2, 0.25) is 0 Å². The molecule has 0 aliphatic carbocycles. The lowest BCUT2D eigenvalue weighted by Gasteiger charge is -2.10. The van der Waals surface area contributed by atoms with Crippen LogP contribution in [-0.4, -0.2) is 20.9 Å². The Morgan fingerprint density at radius 2 is 1.96 bits per heavy atom. The first kappa shape index (κ1) is 19.2. The van der Waals surface area contributed by atoms with E-state index in [1.54, 1.807) is 0 Å². The van der Waals surface area contributed by atoms with Crippen molar-refractivity contribution in [2.45, 2.75) is 24.7 Å². The highest BCUT2D eigenvalue weighted by molar-refractivity contribution is 7.92. The molecule has 0 spiro atoms. The van der Waals surface area contributed by atoms with Crippen LogP contribution in [0.2, 0.25) is 5.02 Å². The Morgan fingerprint density at radius 1 is 1.20 bits per heavy atom. The molecule has 0 atom stereocenters. The average molecular weight is 385 g/mol. The van der Waals surface area contributed by atoms with E-state index in [0.29, 0.717) is 6.54 Å². The summed E-state index contributed by atoms with van der Waals surface area (Å²) in [7, 11) is -3.94. The number of anilines is 1. The number of unbranched alkanes of at least 4 members (excludes halogenated alkanes) is 1. The Labute approximate surface area is 151 Å². The molecule has 1 amide bonds. The van der Waals surface area contributed by atoms with E-state index in [0.717, 1.165) is 18.9 Å². The minimum Gasteiger partial charge on any atom is -0.352 e. The van der Waals surface area contributed by atoms with Crippen LogP contribution in [0.15, 0.2) is 47.4 Å². The van der Waals surface area contributed by atoms with Gasteiger partial charge in [0, 0.05) is 12.1 Å². The number of carbonyl (C=O) groups is 1. The Kier molecular flexibility index (Phi) is 6.39. The minimum atomic E-state index is -3.94. The summed E-state index contributed by atoms with van der Waals surface area (Å²) in [5, 5.41) is 2.54. The largest absolute Gasteiger partial charge is 0.352 e. The zero-order chi connectivity index (χ0) is 18.4. The van der Waals surface area contributed by atoms with E-state index in [1.165, 1.54) is 36.4 Å². The summed E-state index contributed by atoms with van der Waals surface area (Å²) >= 11 is 5.65. The third kappa shape index (κ3) is 5.17. The number of amides is 1. The van der Waals surface area contributed by atoms with Gasteiger partial charge in [0.25, 0.3) is 15.9 Å². The summed E-state index contributed by atoms with van der Waals surface area (Å²) in [6, 6.07) is 9.19. The van der Waals surface area contributed by atoms with Crippen molar-refractivity contribution in [3.05, 3.63) is 58.9 Å². The van der Waals surface area contributed by atoms with Crippen LogP contribution in [0.3, 0.4) is 0 Å². The normalized spacial score (nSPS) is 11.2. The molecule has 5 nitrogen and oxygen atoms in total. The summed E-state index contributed by atoms with van der Waals surface area (Å²) in [6.45, 7) is 2.53.